The lowest BCUT2D eigenvalue weighted by molar-refractivity contribution is -0.147. The Morgan fingerprint density at radius 2 is 2.27 bits per heavy atom. The predicted molar refractivity (Wildman–Crippen MR) is 49.8 cm³/mol. The molecular weight excluding hydrogens is 202 g/mol. The van der Waals surface area contributed by atoms with Crippen molar-refractivity contribution in [3.8, 4) is 0 Å². The smallest absolute Gasteiger partial charge is 0.323 e. The third-order valence-electron chi connectivity index (χ3n) is 2.11. The molecule has 0 aliphatic carbocycles. The molecule has 1 fully saturated rings. The van der Waals surface area contributed by atoms with E-state index < -0.39 is 17.9 Å². The Balaban J connectivity index is 2.58. The van der Waals surface area contributed by atoms with Crippen LogP contribution in [0.15, 0.2) is 0 Å². The molecule has 1 saturated heterocycles. The lowest BCUT2D eigenvalue weighted by atomic mass is 10.1. The Kier molecular flexibility index (Phi) is 3.62. The van der Waals surface area contributed by atoms with E-state index in [-0.39, 0.29) is 18.9 Å². The van der Waals surface area contributed by atoms with E-state index in [9.17, 15) is 14.4 Å². The highest BCUT2D eigenvalue weighted by atomic mass is 16.4. The lowest BCUT2D eigenvalue weighted by Crippen LogP contribution is -2.57. The number of nitrogens with two attached hydrogens (primary N) is 1. The second-order valence-electron chi connectivity index (χ2n) is 3.33. The quantitative estimate of drug-likeness (QED) is 0.490. The monoisotopic (exact) mass is 215 g/mol. The summed E-state index contributed by atoms with van der Waals surface area (Å²) in [5.41, 5.74) is 4.97. The topological polar surface area (TPSA) is 113 Å². The van der Waals surface area contributed by atoms with Crippen LogP contribution in [0.5, 0.6) is 0 Å². The Morgan fingerprint density at radius 1 is 1.60 bits per heavy atom. The number of carbonyl (C=O) groups is 3. The van der Waals surface area contributed by atoms with Crippen LogP contribution in [0, 0.1) is 0 Å². The molecule has 0 bridgehead atoms. The second-order valence-corrected chi connectivity index (χ2v) is 3.33. The number of carboxylic acids is 1. The molecule has 0 radical (unpaired) electrons. The van der Waals surface area contributed by atoms with Gasteiger partial charge in [0.1, 0.15) is 6.54 Å². The molecule has 1 rings (SSSR count). The number of carbonyl (C=O) groups excluding carboxylic acids is 2. The molecule has 1 aliphatic heterocycles. The predicted octanol–water partition coefficient (Wildman–Crippen LogP) is -2.25. The van der Waals surface area contributed by atoms with Gasteiger partial charge in [0, 0.05) is 13.1 Å². The van der Waals surface area contributed by atoms with Gasteiger partial charge in [-0.3, -0.25) is 14.4 Å². The van der Waals surface area contributed by atoms with Crippen LogP contribution >= 0.6 is 0 Å². The van der Waals surface area contributed by atoms with Gasteiger partial charge in [0.05, 0.1) is 12.5 Å². The van der Waals surface area contributed by atoms with E-state index in [4.69, 9.17) is 10.8 Å². The van der Waals surface area contributed by atoms with E-state index in [2.05, 4.69) is 5.32 Å². The van der Waals surface area contributed by atoms with Crippen molar-refractivity contribution in [2.45, 2.75) is 12.5 Å². The van der Waals surface area contributed by atoms with Crippen LogP contribution in [0.25, 0.3) is 0 Å². The summed E-state index contributed by atoms with van der Waals surface area (Å²) in [5, 5.41) is 11.4. The largest absolute Gasteiger partial charge is 0.480 e. The molecule has 84 valence electrons. The minimum absolute atomic E-state index is 0.102. The summed E-state index contributed by atoms with van der Waals surface area (Å²) >= 11 is 0. The number of nitrogens with one attached hydrogen (secondary N) is 1. The van der Waals surface area contributed by atoms with Crippen LogP contribution in [0.4, 0.5) is 0 Å². The standard InChI is InChI=1S/C8H13N3O4/c9-6(12)3-5-8(15)11(2-1-10-5)4-7(13)14/h5,10H,1-4H2,(H2,9,12)(H,13,14). The van der Waals surface area contributed by atoms with E-state index in [0.717, 1.165) is 0 Å². The first kappa shape index (κ1) is 11.4. The number of rotatable bonds is 4. The van der Waals surface area contributed by atoms with Crippen LogP contribution in [-0.4, -0.2) is 53.5 Å². The van der Waals surface area contributed by atoms with Gasteiger partial charge in [-0.05, 0) is 0 Å². The van der Waals surface area contributed by atoms with Crippen LogP contribution in [0.2, 0.25) is 0 Å². The Bertz CT molecular complexity index is 266. The number of hydrogen-bond acceptors (Lipinski definition) is 4. The van der Waals surface area contributed by atoms with Crippen LogP contribution in [0.1, 0.15) is 6.42 Å². The summed E-state index contributed by atoms with van der Waals surface area (Å²) in [5.74, 6) is -2.04. The highest BCUT2D eigenvalue weighted by molar-refractivity contribution is 5.90. The van der Waals surface area contributed by atoms with Gasteiger partial charge in [-0.25, -0.2) is 0 Å². The van der Waals surface area contributed by atoms with Crippen LogP contribution in [0.3, 0.4) is 0 Å². The number of aliphatic carboxylic acids is 1. The Morgan fingerprint density at radius 3 is 2.80 bits per heavy atom. The summed E-state index contributed by atoms with van der Waals surface area (Å²) < 4.78 is 0. The first-order valence-corrected chi connectivity index (χ1v) is 4.53. The number of piperazine rings is 1. The SMILES string of the molecule is NC(=O)CC1NCCN(CC(=O)O)C1=O. The van der Waals surface area contributed by atoms with Crippen molar-refractivity contribution >= 4 is 17.8 Å². The zero-order valence-corrected chi connectivity index (χ0v) is 8.10. The van der Waals surface area contributed by atoms with Gasteiger partial charge in [-0.1, -0.05) is 0 Å². The van der Waals surface area contributed by atoms with Gasteiger partial charge in [0.15, 0.2) is 0 Å². The fraction of sp³-hybridized carbons (Fsp3) is 0.625. The van der Waals surface area contributed by atoms with Crippen molar-refractivity contribution < 1.29 is 19.5 Å². The molecule has 15 heavy (non-hydrogen) atoms. The fourth-order valence-corrected chi connectivity index (χ4v) is 1.47. The number of nitrogens with zero attached hydrogens (tertiary/aromatic N) is 1. The van der Waals surface area contributed by atoms with E-state index >= 15 is 0 Å². The molecule has 0 aromatic rings. The van der Waals surface area contributed by atoms with E-state index in [1.165, 1.54) is 4.90 Å². The molecule has 2 amide bonds. The summed E-state index contributed by atoms with van der Waals surface area (Å²) in [4.78, 5) is 33.9. The molecular formula is C8H13N3O4. The highest BCUT2D eigenvalue weighted by Gasteiger charge is 2.30. The molecule has 1 heterocycles. The van der Waals surface area contributed by atoms with Crippen molar-refractivity contribution in [3.05, 3.63) is 0 Å². The van der Waals surface area contributed by atoms with Crippen molar-refractivity contribution in [3.63, 3.8) is 0 Å². The Labute approximate surface area is 86.2 Å². The molecule has 7 heteroatoms. The zero-order chi connectivity index (χ0) is 11.4. The molecule has 1 unspecified atom stereocenters. The van der Waals surface area contributed by atoms with Gasteiger partial charge in [-0.2, -0.15) is 0 Å². The van der Waals surface area contributed by atoms with E-state index in [0.29, 0.717) is 13.1 Å². The van der Waals surface area contributed by atoms with Crippen molar-refractivity contribution in [1.29, 1.82) is 0 Å². The number of amides is 2. The first-order chi connectivity index (χ1) is 7.00. The summed E-state index contributed by atoms with van der Waals surface area (Å²) in [6.07, 6.45) is -0.102. The first-order valence-electron chi connectivity index (χ1n) is 4.53. The summed E-state index contributed by atoms with van der Waals surface area (Å²) in [6.45, 7) is 0.465. The number of hydrogen-bond donors (Lipinski definition) is 3. The van der Waals surface area contributed by atoms with Gasteiger partial charge < -0.3 is 21.1 Å². The van der Waals surface area contributed by atoms with Crippen LogP contribution in [-0.2, 0) is 14.4 Å². The highest BCUT2D eigenvalue weighted by Crippen LogP contribution is 2.04. The van der Waals surface area contributed by atoms with E-state index in [1.807, 2.05) is 0 Å². The van der Waals surface area contributed by atoms with Crippen molar-refractivity contribution in [2.24, 2.45) is 5.73 Å². The molecule has 0 spiro atoms. The molecule has 0 saturated carbocycles. The van der Waals surface area contributed by atoms with Crippen molar-refractivity contribution in [2.75, 3.05) is 19.6 Å². The van der Waals surface area contributed by atoms with Crippen molar-refractivity contribution in [1.82, 2.24) is 10.2 Å². The van der Waals surface area contributed by atoms with Crippen LogP contribution < -0.4 is 11.1 Å². The average Bonchev–Trinajstić information content (AvgIpc) is 2.10. The average molecular weight is 215 g/mol. The normalized spacial score (nSPS) is 21.5. The minimum atomic E-state index is -1.07. The van der Waals surface area contributed by atoms with Gasteiger partial charge in [0.2, 0.25) is 11.8 Å². The fourth-order valence-electron chi connectivity index (χ4n) is 1.47. The van der Waals surface area contributed by atoms with Gasteiger partial charge >= 0.3 is 5.97 Å². The third kappa shape index (κ3) is 3.21. The van der Waals surface area contributed by atoms with Gasteiger partial charge in [0.25, 0.3) is 0 Å². The lowest BCUT2D eigenvalue weighted by Gasteiger charge is -2.31. The molecule has 0 aromatic heterocycles. The van der Waals surface area contributed by atoms with E-state index in [1.54, 1.807) is 0 Å². The van der Waals surface area contributed by atoms with Gasteiger partial charge in [-0.15, -0.1) is 0 Å². The minimum Gasteiger partial charge on any atom is -0.480 e. The number of carboxylic acid groups (broad SMARTS) is 1. The molecule has 0 aromatic carbocycles. The Hall–Kier alpha value is -1.63. The summed E-state index contributed by atoms with van der Waals surface area (Å²) in [7, 11) is 0. The third-order valence-corrected chi connectivity index (χ3v) is 2.11. The molecule has 4 N–H and O–H groups in total. The zero-order valence-electron chi connectivity index (χ0n) is 8.10. The molecule has 1 aliphatic rings. The molecule has 7 nitrogen and oxygen atoms in total. The number of primary amides is 1. The summed E-state index contributed by atoms with van der Waals surface area (Å²) in [6, 6.07) is -0.685. The second kappa shape index (κ2) is 4.74. The maximum absolute atomic E-state index is 11.6. The maximum Gasteiger partial charge on any atom is 0.323 e. The maximum atomic E-state index is 11.6. The molecule has 1 atom stereocenters.